The summed E-state index contributed by atoms with van der Waals surface area (Å²) in [6.45, 7) is 6.80. The summed E-state index contributed by atoms with van der Waals surface area (Å²) in [7, 11) is -1.57. The first-order chi connectivity index (χ1) is 9.27. The molecule has 0 fully saturated rings. The van der Waals surface area contributed by atoms with Crippen LogP contribution in [0.5, 0.6) is 0 Å². The van der Waals surface area contributed by atoms with Crippen molar-refractivity contribution in [3.05, 3.63) is 29.3 Å². The van der Waals surface area contributed by atoms with E-state index in [1.54, 1.807) is 12.1 Å². The van der Waals surface area contributed by atoms with E-state index >= 15 is 0 Å². The van der Waals surface area contributed by atoms with Gasteiger partial charge in [-0.2, -0.15) is 0 Å². The van der Waals surface area contributed by atoms with E-state index in [-0.39, 0.29) is 11.5 Å². The molecule has 114 valence electrons. The number of benzene rings is 1. The molecule has 1 aromatic rings. The maximum Gasteiger partial charge on any atom is 0.240 e. The molecule has 5 nitrogen and oxygen atoms in total. The van der Waals surface area contributed by atoms with Gasteiger partial charge >= 0.3 is 0 Å². The number of aliphatic hydroxyl groups excluding tert-OH is 1. The maximum absolute atomic E-state index is 12.2. The molecular formula is C14H24N2O3S. The molecule has 0 saturated heterocycles. The average Bonchev–Trinajstić information content (AvgIpc) is 2.38. The zero-order chi connectivity index (χ0) is 15.3. The van der Waals surface area contributed by atoms with E-state index in [0.717, 1.165) is 5.56 Å². The Balaban J connectivity index is 2.74. The van der Waals surface area contributed by atoms with E-state index in [2.05, 4.69) is 23.5 Å². The van der Waals surface area contributed by atoms with E-state index < -0.39 is 10.0 Å². The first kappa shape index (κ1) is 17.1. The van der Waals surface area contributed by atoms with Crippen molar-refractivity contribution in [2.45, 2.75) is 38.3 Å². The Hall–Kier alpha value is -0.950. The largest absolute Gasteiger partial charge is 0.392 e. The van der Waals surface area contributed by atoms with Gasteiger partial charge in [-0.05, 0) is 51.1 Å². The summed E-state index contributed by atoms with van der Waals surface area (Å²) in [5.41, 5.74) is 1.51. The number of sulfonamides is 1. The zero-order valence-corrected chi connectivity index (χ0v) is 13.4. The Bertz CT molecular complexity index is 541. The second-order valence-electron chi connectivity index (χ2n) is 5.22. The van der Waals surface area contributed by atoms with Crippen LogP contribution in [0, 0.1) is 6.92 Å². The molecular weight excluding hydrogens is 276 g/mol. The number of aliphatic hydroxyl groups is 1. The summed E-state index contributed by atoms with van der Waals surface area (Å²) in [5.74, 6) is 0. The SMILES string of the molecule is Cc1ccc(S(=O)(=O)NCCN(C)C(C)C)cc1CO. The highest BCUT2D eigenvalue weighted by atomic mass is 32.2. The van der Waals surface area contributed by atoms with Crippen molar-refractivity contribution in [3.8, 4) is 0 Å². The Kier molecular flexibility index (Phi) is 6.13. The molecule has 0 unspecified atom stereocenters. The monoisotopic (exact) mass is 300 g/mol. The minimum absolute atomic E-state index is 0.161. The van der Waals surface area contributed by atoms with Gasteiger partial charge in [0.2, 0.25) is 10.0 Å². The molecule has 0 aliphatic carbocycles. The van der Waals surface area contributed by atoms with Crippen molar-refractivity contribution in [2.24, 2.45) is 0 Å². The summed E-state index contributed by atoms with van der Waals surface area (Å²) < 4.78 is 26.9. The Morgan fingerprint density at radius 2 is 2.00 bits per heavy atom. The third-order valence-corrected chi connectivity index (χ3v) is 4.90. The van der Waals surface area contributed by atoms with E-state index in [0.29, 0.717) is 24.7 Å². The molecule has 0 bridgehead atoms. The molecule has 0 saturated carbocycles. The van der Waals surface area contributed by atoms with Gasteiger partial charge in [-0.3, -0.25) is 0 Å². The van der Waals surface area contributed by atoms with Gasteiger partial charge in [0.15, 0.2) is 0 Å². The fourth-order valence-corrected chi connectivity index (χ4v) is 2.75. The van der Waals surface area contributed by atoms with Crippen LogP contribution in [-0.4, -0.2) is 44.6 Å². The molecule has 0 aromatic heterocycles. The van der Waals surface area contributed by atoms with Gasteiger partial charge in [0.1, 0.15) is 0 Å². The molecule has 0 radical (unpaired) electrons. The van der Waals surface area contributed by atoms with Gasteiger partial charge in [0.25, 0.3) is 0 Å². The Morgan fingerprint density at radius 3 is 2.55 bits per heavy atom. The quantitative estimate of drug-likeness (QED) is 0.791. The van der Waals surface area contributed by atoms with Crippen LogP contribution >= 0.6 is 0 Å². The average molecular weight is 300 g/mol. The van der Waals surface area contributed by atoms with E-state index in [4.69, 9.17) is 0 Å². The van der Waals surface area contributed by atoms with Crippen molar-refractivity contribution in [1.82, 2.24) is 9.62 Å². The number of nitrogens with zero attached hydrogens (tertiary/aromatic N) is 1. The fraction of sp³-hybridized carbons (Fsp3) is 0.571. The first-order valence-corrected chi connectivity index (χ1v) is 8.16. The standard InChI is InChI=1S/C14H24N2O3S/c1-11(2)16(4)8-7-15-20(18,19)14-6-5-12(3)13(9-14)10-17/h5-6,9,11,15,17H,7-8,10H2,1-4H3. The minimum atomic E-state index is -3.52. The number of aryl methyl sites for hydroxylation is 1. The second-order valence-corrected chi connectivity index (χ2v) is 6.99. The predicted molar refractivity (Wildman–Crippen MR) is 80.1 cm³/mol. The van der Waals surface area contributed by atoms with Crippen LogP contribution in [0.15, 0.2) is 23.1 Å². The molecule has 0 amide bonds. The molecule has 6 heteroatoms. The molecule has 20 heavy (non-hydrogen) atoms. The molecule has 2 N–H and O–H groups in total. The lowest BCUT2D eigenvalue weighted by molar-refractivity contribution is 0.278. The molecule has 1 rings (SSSR count). The van der Waals surface area contributed by atoms with Gasteiger partial charge in [0.05, 0.1) is 11.5 Å². The van der Waals surface area contributed by atoms with Gasteiger partial charge in [-0.25, -0.2) is 13.1 Å². The number of nitrogens with one attached hydrogen (secondary N) is 1. The second kappa shape index (κ2) is 7.17. The van der Waals surface area contributed by atoms with Crippen LogP contribution in [0.2, 0.25) is 0 Å². The lowest BCUT2D eigenvalue weighted by atomic mass is 10.1. The summed E-state index contributed by atoms with van der Waals surface area (Å²) in [5, 5.41) is 9.20. The van der Waals surface area contributed by atoms with Gasteiger partial charge in [-0.15, -0.1) is 0 Å². The topological polar surface area (TPSA) is 69.6 Å². The summed E-state index contributed by atoms with van der Waals surface area (Å²) in [6, 6.07) is 5.16. The molecule has 0 aliphatic rings. The first-order valence-electron chi connectivity index (χ1n) is 6.68. The van der Waals surface area contributed by atoms with E-state index in [1.807, 2.05) is 14.0 Å². The highest BCUT2D eigenvalue weighted by Crippen LogP contribution is 2.15. The van der Waals surface area contributed by atoms with Gasteiger partial charge in [0, 0.05) is 19.1 Å². The molecule has 0 aliphatic heterocycles. The van der Waals surface area contributed by atoms with Crippen LogP contribution in [0.3, 0.4) is 0 Å². The summed E-state index contributed by atoms with van der Waals surface area (Å²) >= 11 is 0. The number of hydrogen-bond donors (Lipinski definition) is 2. The third kappa shape index (κ3) is 4.56. The highest BCUT2D eigenvalue weighted by Gasteiger charge is 2.15. The molecule has 0 atom stereocenters. The van der Waals surface area contributed by atoms with Crippen molar-refractivity contribution in [2.75, 3.05) is 20.1 Å². The van der Waals surface area contributed by atoms with Crippen LogP contribution < -0.4 is 4.72 Å². The lowest BCUT2D eigenvalue weighted by Crippen LogP contribution is -2.36. The van der Waals surface area contributed by atoms with Crippen molar-refractivity contribution in [1.29, 1.82) is 0 Å². The van der Waals surface area contributed by atoms with Crippen molar-refractivity contribution >= 4 is 10.0 Å². The lowest BCUT2D eigenvalue weighted by Gasteiger charge is -2.20. The Labute approximate surface area is 121 Å². The molecule has 0 spiro atoms. The Morgan fingerprint density at radius 1 is 1.35 bits per heavy atom. The normalized spacial score (nSPS) is 12.3. The van der Waals surface area contributed by atoms with Gasteiger partial charge < -0.3 is 10.0 Å². The van der Waals surface area contributed by atoms with Crippen molar-refractivity contribution < 1.29 is 13.5 Å². The van der Waals surface area contributed by atoms with Crippen LogP contribution in [0.25, 0.3) is 0 Å². The predicted octanol–water partition coefficient (Wildman–Crippen LogP) is 1.11. The summed E-state index contributed by atoms with van der Waals surface area (Å²) in [6.07, 6.45) is 0. The maximum atomic E-state index is 12.2. The highest BCUT2D eigenvalue weighted by molar-refractivity contribution is 7.89. The fourth-order valence-electron chi connectivity index (χ4n) is 1.68. The zero-order valence-electron chi connectivity index (χ0n) is 12.5. The number of hydrogen-bond acceptors (Lipinski definition) is 4. The van der Waals surface area contributed by atoms with E-state index in [1.165, 1.54) is 6.07 Å². The van der Waals surface area contributed by atoms with Gasteiger partial charge in [-0.1, -0.05) is 6.07 Å². The molecule has 1 aromatic carbocycles. The third-order valence-electron chi connectivity index (χ3n) is 3.44. The number of rotatable bonds is 7. The smallest absolute Gasteiger partial charge is 0.240 e. The summed E-state index contributed by atoms with van der Waals surface area (Å²) in [4.78, 5) is 2.26. The number of likely N-dealkylation sites (N-methyl/N-ethyl adjacent to an activating group) is 1. The van der Waals surface area contributed by atoms with Crippen LogP contribution in [0.4, 0.5) is 0 Å². The minimum Gasteiger partial charge on any atom is -0.392 e. The van der Waals surface area contributed by atoms with E-state index in [9.17, 15) is 13.5 Å². The molecule has 0 heterocycles. The van der Waals surface area contributed by atoms with Crippen molar-refractivity contribution in [3.63, 3.8) is 0 Å². The van der Waals surface area contributed by atoms with Crippen LogP contribution in [0.1, 0.15) is 25.0 Å². The van der Waals surface area contributed by atoms with Crippen LogP contribution in [-0.2, 0) is 16.6 Å².